The van der Waals surface area contributed by atoms with Gasteiger partial charge in [0.15, 0.2) is 0 Å². The van der Waals surface area contributed by atoms with Crippen LogP contribution in [0.1, 0.15) is 5.56 Å². The number of hydrogen-bond acceptors (Lipinski definition) is 2. The topological polar surface area (TPSA) is 49.4 Å². The molecule has 0 N–H and O–H groups in total. The predicted octanol–water partition coefficient (Wildman–Crippen LogP) is 8.88. The second kappa shape index (κ2) is 8.89. The van der Waals surface area contributed by atoms with Crippen molar-refractivity contribution in [3.05, 3.63) is 139 Å². The first kappa shape index (κ1) is 24.9. The fourth-order valence-electron chi connectivity index (χ4n) is 7.85. The summed E-state index contributed by atoms with van der Waals surface area (Å²) in [5.74, 6) is 1.86. The number of para-hydroxylation sites is 7. The van der Waals surface area contributed by atoms with E-state index < -0.39 is 0 Å². The Hall–Kier alpha value is -6.34. The fourth-order valence-corrected chi connectivity index (χ4v) is 7.85. The van der Waals surface area contributed by atoms with Gasteiger partial charge < -0.3 is 9.13 Å². The van der Waals surface area contributed by atoms with Crippen LogP contribution in [0.2, 0.25) is 0 Å². The lowest BCUT2D eigenvalue weighted by Gasteiger charge is -2.08. The summed E-state index contributed by atoms with van der Waals surface area (Å²) in [7, 11) is 2.14. The highest BCUT2D eigenvalue weighted by Gasteiger charge is 2.20. The minimum Gasteiger partial charge on any atom is -0.344 e. The minimum atomic E-state index is 0.692. The van der Waals surface area contributed by atoms with Gasteiger partial charge in [-0.2, -0.15) is 0 Å². The van der Waals surface area contributed by atoms with Gasteiger partial charge in [-0.15, -0.1) is 0 Å². The Balaban J connectivity index is 1.16. The van der Waals surface area contributed by atoms with Gasteiger partial charge in [-0.3, -0.25) is 13.4 Å². The smallest absolute Gasteiger partial charge is 0.220 e. The van der Waals surface area contributed by atoms with Crippen molar-refractivity contribution in [1.29, 1.82) is 0 Å². The Morgan fingerprint density at radius 2 is 1.06 bits per heavy atom. The van der Waals surface area contributed by atoms with Crippen LogP contribution in [0.4, 0.5) is 0 Å². The van der Waals surface area contributed by atoms with E-state index in [-0.39, 0.29) is 0 Å². The molecule has 0 aliphatic carbocycles. The average molecular weight is 606 g/mol. The highest BCUT2D eigenvalue weighted by Crippen LogP contribution is 2.35. The molecule has 7 heteroatoms. The maximum absolute atomic E-state index is 5.19. The molecule has 0 atom stereocenters. The summed E-state index contributed by atoms with van der Waals surface area (Å²) in [5, 5.41) is 2.50. The van der Waals surface area contributed by atoms with Crippen LogP contribution >= 0.6 is 0 Å². The summed E-state index contributed by atoms with van der Waals surface area (Å²) in [5.41, 5.74) is 13.5. The van der Waals surface area contributed by atoms with Gasteiger partial charge in [-0.1, -0.05) is 60.7 Å². The zero-order chi connectivity index (χ0) is 30.8. The van der Waals surface area contributed by atoms with Crippen LogP contribution in [0.15, 0.2) is 133 Å². The molecular formula is C40H27N7. The molecule has 7 nitrogen and oxygen atoms in total. The third kappa shape index (κ3) is 3.24. The first-order valence-electron chi connectivity index (χ1n) is 16.0. The standard InChI is InChI=1S/C40H27N7/c1-43-31-13-5-2-10-27(31)28-23-26(19-21-32(28)43)45-37-20-18-25(22-38(37)47-34-15-7-4-12-30(34)42-40(45)47)24-44-35-16-8-9-17-36(35)46-33-14-6-3-11-29(33)41-39(44)46/h2-23H,24H2,1H3. The molecule has 0 fully saturated rings. The van der Waals surface area contributed by atoms with Crippen LogP contribution in [0, 0.1) is 0 Å². The van der Waals surface area contributed by atoms with E-state index in [1.165, 1.54) is 32.9 Å². The summed E-state index contributed by atoms with van der Waals surface area (Å²) in [6.07, 6.45) is 0. The summed E-state index contributed by atoms with van der Waals surface area (Å²) in [6, 6.07) is 47.6. The summed E-state index contributed by atoms with van der Waals surface area (Å²) < 4.78 is 11.5. The van der Waals surface area contributed by atoms with Crippen LogP contribution < -0.4 is 0 Å². The van der Waals surface area contributed by atoms with Gasteiger partial charge in [-0.25, -0.2) is 9.97 Å². The maximum Gasteiger partial charge on any atom is 0.220 e. The molecule has 0 bridgehead atoms. The van der Waals surface area contributed by atoms with E-state index in [9.17, 15) is 0 Å². The molecule has 0 saturated heterocycles. The first-order chi connectivity index (χ1) is 23.2. The van der Waals surface area contributed by atoms with Crippen molar-refractivity contribution in [3.63, 3.8) is 0 Å². The van der Waals surface area contributed by atoms with Gasteiger partial charge in [0.2, 0.25) is 11.6 Å². The monoisotopic (exact) mass is 605 g/mol. The third-order valence-corrected chi connectivity index (χ3v) is 9.96. The van der Waals surface area contributed by atoms with E-state index in [1.54, 1.807) is 0 Å². The van der Waals surface area contributed by atoms with Crippen molar-refractivity contribution in [3.8, 4) is 5.69 Å². The molecule has 0 aliphatic heterocycles. The van der Waals surface area contributed by atoms with E-state index in [2.05, 4.69) is 163 Å². The maximum atomic E-state index is 5.19. The van der Waals surface area contributed by atoms with Gasteiger partial charge in [0.1, 0.15) is 0 Å². The van der Waals surface area contributed by atoms with Gasteiger partial charge in [0, 0.05) is 34.5 Å². The van der Waals surface area contributed by atoms with Crippen LogP contribution in [-0.2, 0) is 13.6 Å². The number of nitrogens with zero attached hydrogens (tertiary/aromatic N) is 7. The second-order valence-electron chi connectivity index (χ2n) is 12.5. The molecule has 0 saturated carbocycles. The first-order valence-corrected chi connectivity index (χ1v) is 16.0. The SMILES string of the molecule is Cn1c2ccccc2c2cc(-n3c4ccc(Cn5c6ccccc6n6c7ccccc7nc56)cc4n4c5ccccc5nc34)ccc21. The summed E-state index contributed by atoms with van der Waals surface area (Å²) in [6.45, 7) is 0.692. The van der Waals surface area contributed by atoms with E-state index in [0.717, 1.165) is 55.9 Å². The lowest BCUT2D eigenvalue weighted by atomic mass is 10.1. The van der Waals surface area contributed by atoms with Gasteiger partial charge in [0.05, 0.1) is 50.7 Å². The number of aryl methyl sites for hydroxylation is 1. The lowest BCUT2D eigenvalue weighted by molar-refractivity contribution is 0.848. The van der Waals surface area contributed by atoms with Crippen LogP contribution in [0.5, 0.6) is 0 Å². The molecule has 0 aliphatic rings. The number of fused-ring (bicyclic) bond motifs is 13. The molecule has 6 aromatic carbocycles. The van der Waals surface area contributed by atoms with E-state index in [4.69, 9.17) is 9.97 Å². The van der Waals surface area contributed by atoms with Gasteiger partial charge in [0.25, 0.3) is 0 Å². The molecule has 5 aromatic heterocycles. The third-order valence-electron chi connectivity index (χ3n) is 9.96. The van der Waals surface area contributed by atoms with Crippen molar-refractivity contribution in [2.75, 3.05) is 0 Å². The number of aromatic nitrogens is 7. The fraction of sp³-hybridized carbons (Fsp3) is 0.0500. The molecule has 0 unspecified atom stereocenters. The highest BCUT2D eigenvalue weighted by molar-refractivity contribution is 6.09. The number of rotatable bonds is 3. The molecule has 47 heavy (non-hydrogen) atoms. The average Bonchev–Trinajstić information content (AvgIpc) is 3.89. The van der Waals surface area contributed by atoms with Crippen molar-refractivity contribution >= 4 is 77.5 Å². The Bertz CT molecular complexity index is 3070. The Labute approximate surface area is 267 Å². The Kier molecular flexibility index (Phi) is 4.71. The highest BCUT2D eigenvalue weighted by atomic mass is 15.2. The minimum absolute atomic E-state index is 0.692. The van der Waals surface area contributed by atoms with Crippen molar-refractivity contribution in [2.24, 2.45) is 7.05 Å². The van der Waals surface area contributed by atoms with Crippen LogP contribution in [-0.4, -0.2) is 32.5 Å². The summed E-state index contributed by atoms with van der Waals surface area (Å²) in [4.78, 5) is 10.3. The zero-order valence-electron chi connectivity index (χ0n) is 25.5. The van der Waals surface area contributed by atoms with Crippen molar-refractivity contribution in [2.45, 2.75) is 6.54 Å². The van der Waals surface area contributed by atoms with Crippen molar-refractivity contribution < 1.29 is 0 Å². The quantitative estimate of drug-likeness (QED) is 0.202. The number of hydrogen-bond donors (Lipinski definition) is 0. The lowest BCUT2D eigenvalue weighted by Crippen LogP contribution is -2.01. The summed E-state index contributed by atoms with van der Waals surface area (Å²) >= 11 is 0. The van der Waals surface area contributed by atoms with E-state index in [1.807, 2.05) is 0 Å². The predicted molar refractivity (Wildman–Crippen MR) is 191 cm³/mol. The molecule has 11 aromatic rings. The Morgan fingerprint density at radius 3 is 1.85 bits per heavy atom. The van der Waals surface area contributed by atoms with Crippen LogP contribution in [0.25, 0.3) is 83.2 Å². The molecule has 222 valence electrons. The van der Waals surface area contributed by atoms with Crippen LogP contribution in [0.3, 0.4) is 0 Å². The molecule has 0 spiro atoms. The molecule has 0 radical (unpaired) electrons. The largest absolute Gasteiger partial charge is 0.344 e. The molecule has 11 rings (SSSR count). The zero-order valence-corrected chi connectivity index (χ0v) is 25.5. The normalized spacial score (nSPS) is 12.4. The Morgan fingerprint density at radius 1 is 0.468 bits per heavy atom. The molecule has 5 heterocycles. The van der Waals surface area contributed by atoms with Gasteiger partial charge in [-0.05, 0) is 78.4 Å². The van der Waals surface area contributed by atoms with Gasteiger partial charge >= 0.3 is 0 Å². The van der Waals surface area contributed by atoms with E-state index in [0.29, 0.717) is 6.54 Å². The van der Waals surface area contributed by atoms with E-state index >= 15 is 0 Å². The number of imidazole rings is 4. The molecule has 0 amide bonds. The van der Waals surface area contributed by atoms with Crippen molar-refractivity contribution in [1.82, 2.24) is 32.5 Å². The number of benzene rings is 6. The second-order valence-corrected chi connectivity index (χ2v) is 12.5. The molecular weight excluding hydrogens is 578 g/mol.